The number of anilines is 1. The highest BCUT2D eigenvalue weighted by Crippen LogP contribution is 2.27. The van der Waals surface area contributed by atoms with Crippen molar-refractivity contribution in [2.45, 2.75) is 4.90 Å². The van der Waals surface area contributed by atoms with Gasteiger partial charge in [-0.15, -0.1) is 0 Å². The zero-order valence-electron chi connectivity index (χ0n) is 8.87. The van der Waals surface area contributed by atoms with E-state index in [1.54, 1.807) is 30.3 Å². The van der Waals surface area contributed by atoms with Crippen LogP contribution in [0.2, 0.25) is 0 Å². The van der Waals surface area contributed by atoms with Crippen LogP contribution in [0.5, 0.6) is 0 Å². The molecule has 0 amide bonds. The molecule has 0 heterocycles. The van der Waals surface area contributed by atoms with Crippen LogP contribution in [0.25, 0.3) is 11.1 Å². The van der Waals surface area contributed by atoms with E-state index < -0.39 is 10.1 Å². The van der Waals surface area contributed by atoms with Gasteiger partial charge >= 0.3 is 0 Å². The monoisotopic (exact) mass is 249 g/mol. The lowest BCUT2D eigenvalue weighted by Gasteiger charge is -2.06. The van der Waals surface area contributed by atoms with E-state index in [2.05, 4.69) is 0 Å². The third-order valence-electron chi connectivity index (χ3n) is 2.40. The number of para-hydroxylation sites is 1. The zero-order valence-corrected chi connectivity index (χ0v) is 9.68. The highest BCUT2D eigenvalue weighted by atomic mass is 32.2. The Balaban J connectivity index is 2.59. The van der Waals surface area contributed by atoms with Crippen molar-refractivity contribution in [1.82, 2.24) is 0 Å². The molecule has 4 nitrogen and oxygen atoms in total. The average Bonchev–Trinajstić information content (AvgIpc) is 2.29. The van der Waals surface area contributed by atoms with Gasteiger partial charge in [0, 0.05) is 11.3 Å². The topological polar surface area (TPSA) is 80.4 Å². The van der Waals surface area contributed by atoms with E-state index >= 15 is 0 Å². The smallest absolute Gasteiger partial charge is 0.294 e. The van der Waals surface area contributed by atoms with Crippen molar-refractivity contribution in [2.75, 3.05) is 5.73 Å². The van der Waals surface area contributed by atoms with Crippen molar-refractivity contribution >= 4 is 15.8 Å². The third kappa shape index (κ3) is 2.46. The molecule has 0 fully saturated rings. The Bertz CT molecular complexity index is 650. The van der Waals surface area contributed by atoms with E-state index in [4.69, 9.17) is 10.3 Å². The molecule has 2 rings (SSSR count). The SMILES string of the molecule is Nc1ccccc1-c1cccc(S(=O)(=O)O)c1. The van der Waals surface area contributed by atoms with Crippen LogP contribution in [-0.4, -0.2) is 13.0 Å². The van der Waals surface area contributed by atoms with Gasteiger partial charge in [-0.3, -0.25) is 4.55 Å². The lowest BCUT2D eigenvalue weighted by Crippen LogP contribution is -1.98. The molecule has 17 heavy (non-hydrogen) atoms. The van der Waals surface area contributed by atoms with Gasteiger partial charge in [0.25, 0.3) is 10.1 Å². The Morgan fingerprint density at radius 3 is 2.35 bits per heavy atom. The predicted octanol–water partition coefficient (Wildman–Crippen LogP) is 2.18. The number of benzene rings is 2. The number of nitrogen functional groups attached to an aromatic ring is 1. The molecule has 5 heteroatoms. The second-order valence-electron chi connectivity index (χ2n) is 3.59. The first-order valence-electron chi connectivity index (χ1n) is 4.91. The molecule has 0 aromatic heterocycles. The summed E-state index contributed by atoms with van der Waals surface area (Å²) in [5, 5.41) is 0. The van der Waals surface area contributed by atoms with Crippen LogP contribution in [0.3, 0.4) is 0 Å². The van der Waals surface area contributed by atoms with Crippen molar-refractivity contribution in [3.63, 3.8) is 0 Å². The van der Waals surface area contributed by atoms with Gasteiger partial charge in [-0.25, -0.2) is 0 Å². The minimum Gasteiger partial charge on any atom is -0.398 e. The molecule has 0 unspecified atom stereocenters. The Hall–Kier alpha value is -1.85. The van der Waals surface area contributed by atoms with Crippen LogP contribution in [0.1, 0.15) is 0 Å². The van der Waals surface area contributed by atoms with Crippen LogP contribution in [0.4, 0.5) is 5.69 Å². The van der Waals surface area contributed by atoms with Gasteiger partial charge < -0.3 is 5.73 Å². The van der Waals surface area contributed by atoms with Gasteiger partial charge in [0.15, 0.2) is 0 Å². The molecular formula is C12H11NO3S. The van der Waals surface area contributed by atoms with Crippen molar-refractivity contribution in [2.24, 2.45) is 0 Å². The van der Waals surface area contributed by atoms with E-state index in [9.17, 15) is 8.42 Å². The summed E-state index contributed by atoms with van der Waals surface area (Å²) in [5.41, 5.74) is 7.74. The standard InChI is InChI=1S/C12H11NO3S/c13-12-7-2-1-6-11(12)9-4-3-5-10(8-9)17(14,15)16/h1-8H,13H2,(H,14,15,16). The maximum Gasteiger partial charge on any atom is 0.294 e. The van der Waals surface area contributed by atoms with E-state index in [1.807, 2.05) is 6.07 Å². The number of rotatable bonds is 2. The third-order valence-corrected chi connectivity index (χ3v) is 3.25. The normalized spacial score (nSPS) is 11.4. The second kappa shape index (κ2) is 4.20. The van der Waals surface area contributed by atoms with Crippen molar-refractivity contribution < 1.29 is 13.0 Å². The minimum atomic E-state index is -4.19. The molecule has 88 valence electrons. The van der Waals surface area contributed by atoms with Gasteiger partial charge in [0.2, 0.25) is 0 Å². The molecular weight excluding hydrogens is 238 g/mol. The molecule has 0 spiro atoms. The summed E-state index contributed by atoms with van der Waals surface area (Å²) in [4.78, 5) is -0.141. The molecule has 2 aromatic carbocycles. The maximum atomic E-state index is 11.0. The summed E-state index contributed by atoms with van der Waals surface area (Å²) < 4.78 is 31.0. The molecule has 0 saturated heterocycles. The first-order valence-corrected chi connectivity index (χ1v) is 6.35. The van der Waals surface area contributed by atoms with Crippen molar-refractivity contribution in [1.29, 1.82) is 0 Å². The fourth-order valence-corrected chi connectivity index (χ4v) is 2.11. The molecule has 0 atom stereocenters. The molecule has 0 aliphatic heterocycles. The molecule has 0 radical (unpaired) electrons. The Morgan fingerprint density at radius 1 is 1.00 bits per heavy atom. The van der Waals surface area contributed by atoms with Crippen LogP contribution in [0, 0.1) is 0 Å². The summed E-state index contributed by atoms with van der Waals surface area (Å²) in [7, 11) is -4.19. The van der Waals surface area contributed by atoms with E-state index in [1.165, 1.54) is 12.1 Å². The van der Waals surface area contributed by atoms with Crippen molar-refractivity contribution in [3.8, 4) is 11.1 Å². The highest BCUT2D eigenvalue weighted by molar-refractivity contribution is 7.85. The summed E-state index contributed by atoms with van der Waals surface area (Å²) in [6, 6.07) is 13.1. The first kappa shape index (κ1) is 11.6. The van der Waals surface area contributed by atoms with Crippen LogP contribution >= 0.6 is 0 Å². The van der Waals surface area contributed by atoms with Crippen LogP contribution in [-0.2, 0) is 10.1 Å². The van der Waals surface area contributed by atoms with Gasteiger partial charge in [0.1, 0.15) is 0 Å². The molecule has 3 N–H and O–H groups in total. The number of hydrogen-bond donors (Lipinski definition) is 2. The molecule has 0 aliphatic rings. The minimum absolute atomic E-state index is 0.141. The Labute approximate surface area is 99.5 Å². The molecule has 0 saturated carbocycles. The quantitative estimate of drug-likeness (QED) is 0.631. The first-order chi connectivity index (χ1) is 7.98. The average molecular weight is 249 g/mol. The summed E-state index contributed by atoms with van der Waals surface area (Å²) in [6.07, 6.45) is 0. The van der Waals surface area contributed by atoms with E-state index in [0.29, 0.717) is 11.3 Å². The summed E-state index contributed by atoms with van der Waals surface area (Å²) in [6.45, 7) is 0. The van der Waals surface area contributed by atoms with E-state index in [-0.39, 0.29) is 4.90 Å². The van der Waals surface area contributed by atoms with Gasteiger partial charge in [-0.1, -0.05) is 30.3 Å². The predicted molar refractivity (Wildman–Crippen MR) is 66.1 cm³/mol. The Kier molecular flexibility index (Phi) is 2.87. The van der Waals surface area contributed by atoms with Crippen LogP contribution in [0.15, 0.2) is 53.4 Å². The van der Waals surface area contributed by atoms with Gasteiger partial charge in [0.05, 0.1) is 4.90 Å². The van der Waals surface area contributed by atoms with Gasteiger partial charge in [-0.05, 0) is 23.8 Å². The molecule has 0 bridgehead atoms. The lowest BCUT2D eigenvalue weighted by molar-refractivity contribution is 0.483. The number of hydrogen-bond acceptors (Lipinski definition) is 3. The summed E-state index contributed by atoms with van der Waals surface area (Å²) in [5.74, 6) is 0. The molecule has 2 aromatic rings. The molecule has 0 aliphatic carbocycles. The second-order valence-corrected chi connectivity index (χ2v) is 5.01. The van der Waals surface area contributed by atoms with Crippen LogP contribution < -0.4 is 5.73 Å². The summed E-state index contributed by atoms with van der Waals surface area (Å²) >= 11 is 0. The fraction of sp³-hybridized carbons (Fsp3) is 0. The largest absolute Gasteiger partial charge is 0.398 e. The fourth-order valence-electron chi connectivity index (χ4n) is 1.58. The van der Waals surface area contributed by atoms with Gasteiger partial charge in [-0.2, -0.15) is 8.42 Å². The Morgan fingerprint density at radius 2 is 1.71 bits per heavy atom. The lowest BCUT2D eigenvalue weighted by atomic mass is 10.0. The highest BCUT2D eigenvalue weighted by Gasteiger charge is 2.10. The zero-order chi connectivity index (χ0) is 12.5. The van der Waals surface area contributed by atoms with E-state index in [0.717, 1.165) is 5.56 Å². The maximum absolute atomic E-state index is 11.0. The number of nitrogens with two attached hydrogens (primary N) is 1. The van der Waals surface area contributed by atoms with Crippen molar-refractivity contribution in [3.05, 3.63) is 48.5 Å².